The van der Waals surface area contributed by atoms with Crippen LogP contribution in [0.25, 0.3) is 0 Å². The number of carbonyl (C=O) groups excluding carboxylic acids is 2. The molecule has 12 N–H and O–H groups in total. The number of aliphatic carboxylic acids is 1. The predicted octanol–water partition coefficient (Wildman–Crippen LogP) is 0.263. The molecule has 23 heteroatoms. The average Bonchev–Trinajstić information content (AvgIpc) is 3.72. The van der Waals surface area contributed by atoms with Crippen molar-refractivity contribution in [1.82, 2.24) is 0 Å². The lowest BCUT2D eigenvalue weighted by molar-refractivity contribution is -0.386. The fourth-order valence-corrected chi connectivity index (χ4v) is 16.2. The van der Waals surface area contributed by atoms with Crippen molar-refractivity contribution in [1.29, 1.82) is 0 Å². The van der Waals surface area contributed by atoms with Crippen LogP contribution in [0.15, 0.2) is 34.9 Å². The Kier molecular flexibility index (Phi) is 17.9. The van der Waals surface area contributed by atoms with Crippen LogP contribution in [0.1, 0.15) is 115 Å². The summed E-state index contributed by atoms with van der Waals surface area (Å²) in [6.45, 7) is 18.4. The number of carboxylic acid groups (broad SMARTS) is 1. The van der Waals surface area contributed by atoms with Crippen molar-refractivity contribution in [2.45, 2.75) is 231 Å². The summed E-state index contributed by atoms with van der Waals surface area (Å²) in [4.78, 5) is 40.3. The Morgan fingerprint density at radius 1 is 0.637 bits per heavy atom. The van der Waals surface area contributed by atoms with Gasteiger partial charge >= 0.3 is 17.9 Å². The number of hydrogen-bond acceptors (Lipinski definition) is 22. The van der Waals surface area contributed by atoms with Gasteiger partial charge in [0.1, 0.15) is 67.1 Å². The summed E-state index contributed by atoms with van der Waals surface area (Å²) in [6.07, 6.45) is -24.0. The van der Waals surface area contributed by atoms with Crippen LogP contribution >= 0.6 is 0 Å². The number of fused-ring (bicyclic) bond motifs is 7. The molecule has 26 atom stereocenters. The summed E-state index contributed by atoms with van der Waals surface area (Å²) in [5, 5.41) is 134. The van der Waals surface area contributed by atoms with Gasteiger partial charge in [-0.05, 0) is 100 Å². The molecule has 5 aliphatic carbocycles. The van der Waals surface area contributed by atoms with Crippen LogP contribution in [0, 0.1) is 50.2 Å². The van der Waals surface area contributed by atoms with E-state index < -0.39 is 193 Å². The summed E-state index contributed by atoms with van der Waals surface area (Å²) in [6, 6.07) is 0. The Bertz CT molecular complexity index is 2390. The maximum Gasteiger partial charge on any atom is 0.335 e. The van der Waals surface area contributed by atoms with Crippen LogP contribution in [0.2, 0.25) is 0 Å². The fraction of sp³-hybridized carbons (Fsp3) is 0.842. The molecule has 4 saturated carbocycles. The molecule has 8 unspecified atom stereocenters. The zero-order valence-electron chi connectivity index (χ0n) is 47.7. The second-order valence-corrected chi connectivity index (χ2v) is 26.0. The number of carbonyl (C=O) groups is 3. The van der Waals surface area contributed by atoms with Crippen molar-refractivity contribution >= 4 is 17.9 Å². The Morgan fingerprint density at radius 2 is 1.18 bits per heavy atom. The van der Waals surface area contributed by atoms with Gasteiger partial charge in [0.25, 0.3) is 0 Å². The highest BCUT2D eigenvalue weighted by Crippen LogP contribution is 2.76. The van der Waals surface area contributed by atoms with Gasteiger partial charge in [0.2, 0.25) is 0 Å². The molecule has 0 amide bonds. The molecule has 0 aromatic rings. The Balaban J connectivity index is 1.14. The minimum absolute atomic E-state index is 0.153. The van der Waals surface area contributed by atoms with E-state index in [1.807, 2.05) is 34.6 Å². The third-order valence-corrected chi connectivity index (χ3v) is 21.4. The summed E-state index contributed by atoms with van der Waals surface area (Å²) in [5.41, 5.74) is -4.40. The quantitative estimate of drug-likeness (QED) is 0.0480. The molecule has 8 aliphatic rings. The number of carboxylic acids is 1. The molecule has 0 aromatic heterocycles. The summed E-state index contributed by atoms with van der Waals surface area (Å²) < 4.78 is 49.0. The van der Waals surface area contributed by atoms with Crippen LogP contribution in [0.4, 0.5) is 0 Å². The van der Waals surface area contributed by atoms with E-state index >= 15 is 0 Å². The first-order valence-electron chi connectivity index (χ1n) is 28.1. The maximum absolute atomic E-state index is 13.9. The zero-order valence-corrected chi connectivity index (χ0v) is 47.7. The monoisotopic (exact) mass is 1140 g/mol. The van der Waals surface area contributed by atoms with E-state index in [2.05, 4.69) is 19.9 Å². The maximum atomic E-state index is 13.9. The molecule has 23 nitrogen and oxygen atoms in total. The summed E-state index contributed by atoms with van der Waals surface area (Å²) in [7, 11) is 0. The van der Waals surface area contributed by atoms with E-state index in [9.17, 15) is 75.7 Å². The van der Waals surface area contributed by atoms with Crippen LogP contribution in [-0.4, -0.2) is 216 Å². The van der Waals surface area contributed by atoms with Gasteiger partial charge in [0.05, 0.1) is 43.5 Å². The molecule has 0 bridgehead atoms. The minimum Gasteiger partial charge on any atom is -0.479 e. The number of ether oxygens (including phenoxy) is 8. The lowest BCUT2D eigenvalue weighted by Crippen LogP contribution is -2.76. The van der Waals surface area contributed by atoms with Crippen molar-refractivity contribution < 1.29 is 114 Å². The SMILES string of the molecule is C/C=C(/C)C(=O)O[C@H]1[C@H](OC(=O)/C(C)=C\C)[C@@]2(CO)C(CC1(C)C)C1=CCC3[C@@]4(C)CC[C@H](O[C@@H]5OC(C(=O)O)[C@@H](O)[C@@H](O[C@@H]6O[C@@H](CO)C(O)[C@@H]6O)C5O[C@@H]5OC(CO)[C@H](O)[C@@H](O)C5O)C(C)(C)C4CC[C@@]3(C)[C@]1(C)[C@@H](O)[C@H]2O. The van der Waals surface area contributed by atoms with E-state index in [0.29, 0.717) is 37.7 Å². The Labute approximate surface area is 466 Å². The molecule has 3 heterocycles. The van der Waals surface area contributed by atoms with E-state index in [1.54, 1.807) is 39.8 Å². The minimum atomic E-state index is -2.13. The highest BCUT2D eigenvalue weighted by molar-refractivity contribution is 5.89. The fourth-order valence-electron chi connectivity index (χ4n) is 16.2. The number of rotatable bonds is 14. The van der Waals surface area contributed by atoms with Gasteiger partial charge in [-0.3, -0.25) is 0 Å². The summed E-state index contributed by atoms with van der Waals surface area (Å²) >= 11 is 0. The predicted molar refractivity (Wildman–Crippen MR) is 277 cm³/mol. The van der Waals surface area contributed by atoms with E-state index in [-0.39, 0.29) is 23.8 Å². The molecule has 8 rings (SSSR count). The number of hydrogen-bond donors (Lipinski definition) is 12. The highest BCUT2D eigenvalue weighted by Gasteiger charge is 2.76. The van der Waals surface area contributed by atoms with Crippen LogP contribution < -0.4 is 0 Å². The number of aliphatic hydroxyl groups is 11. The molecule has 3 saturated heterocycles. The third kappa shape index (κ3) is 9.76. The number of allylic oxidation sites excluding steroid dienone is 3. The molecule has 0 radical (unpaired) electrons. The first-order chi connectivity index (χ1) is 37.3. The normalized spacial score (nSPS) is 49.0. The van der Waals surface area contributed by atoms with Crippen LogP contribution in [-0.2, 0) is 52.3 Å². The van der Waals surface area contributed by atoms with Crippen molar-refractivity contribution in [2.75, 3.05) is 19.8 Å². The first kappa shape index (κ1) is 63.0. The molecule has 7 fully saturated rings. The summed E-state index contributed by atoms with van der Waals surface area (Å²) in [5.74, 6) is -4.01. The van der Waals surface area contributed by atoms with Crippen molar-refractivity contribution in [2.24, 2.45) is 50.2 Å². The lowest BCUT2D eigenvalue weighted by atomic mass is 9.32. The largest absolute Gasteiger partial charge is 0.479 e. The van der Waals surface area contributed by atoms with Crippen molar-refractivity contribution in [3.8, 4) is 0 Å². The van der Waals surface area contributed by atoms with Gasteiger partial charge in [-0.2, -0.15) is 0 Å². The van der Waals surface area contributed by atoms with Crippen molar-refractivity contribution in [3.63, 3.8) is 0 Å². The van der Waals surface area contributed by atoms with Gasteiger partial charge in [-0.1, -0.05) is 72.3 Å². The molecular formula is C57H88O23. The molecule has 80 heavy (non-hydrogen) atoms. The van der Waals surface area contributed by atoms with Crippen molar-refractivity contribution in [3.05, 3.63) is 34.9 Å². The Morgan fingerprint density at radius 3 is 1.71 bits per heavy atom. The second-order valence-electron chi connectivity index (χ2n) is 26.0. The smallest absolute Gasteiger partial charge is 0.335 e. The van der Waals surface area contributed by atoms with E-state index in [1.165, 1.54) is 0 Å². The van der Waals surface area contributed by atoms with Gasteiger partial charge in [0.15, 0.2) is 31.1 Å². The number of esters is 2. The van der Waals surface area contributed by atoms with E-state index in [4.69, 9.17) is 37.9 Å². The first-order valence-corrected chi connectivity index (χ1v) is 28.1. The number of aliphatic hydroxyl groups excluding tert-OH is 11. The van der Waals surface area contributed by atoms with Crippen LogP contribution in [0.3, 0.4) is 0 Å². The molecular weight excluding hydrogens is 1050 g/mol. The molecule has 0 spiro atoms. The topological polar surface area (TPSA) is 368 Å². The highest BCUT2D eigenvalue weighted by atomic mass is 16.8. The van der Waals surface area contributed by atoms with Gasteiger partial charge in [-0.25, -0.2) is 14.4 Å². The molecule has 0 aromatic carbocycles. The zero-order chi connectivity index (χ0) is 59.3. The van der Waals surface area contributed by atoms with Crippen LogP contribution in [0.5, 0.6) is 0 Å². The van der Waals surface area contributed by atoms with Gasteiger partial charge in [0, 0.05) is 22.0 Å². The van der Waals surface area contributed by atoms with Gasteiger partial charge < -0.3 is 99.2 Å². The van der Waals surface area contributed by atoms with Gasteiger partial charge in [-0.15, -0.1) is 0 Å². The molecule has 3 aliphatic heterocycles. The molecule has 454 valence electrons. The van der Waals surface area contributed by atoms with E-state index in [0.717, 1.165) is 5.57 Å². The average molecular weight is 1140 g/mol. The lowest BCUT2D eigenvalue weighted by Gasteiger charge is -2.73. The Hall–Kier alpha value is -3.05. The standard InChI is InChI=1S/C57H88O23/c1-12-24(3)47(71)79-44-45(80-48(72)25(4)13-2)57(23-60)27(20-52(44,5)6)26-14-15-31-54(9)18-17-32(53(7,8)30(54)16-19-55(31,10)56(26,11)42(67)43(57)68)75-51-41(78-50-37(65)35(63)33(61)28(21-58)73-50)39(38(66)40(77-51)46(69)70)76-49-36(64)34(62)29(22-59)74-49/h12-14,27-45,49-51,58-68H,15-23H2,1-11H3,(H,69,70)/b24-12-,25-13-/t27?,28?,29-,30?,31?,32-,33-,34?,35+,36-,37?,38-,39+,40?,41?,42-,43+,44-,45-,49-,50-,51+,54-,55+,56-,57-/m0/s1. The second kappa shape index (κ2) is 22.7. The third-order valence-electron chi connectivity index (χ3n) is 21.4.